The van der Waals surface area contributed by atoms with Gasteiger partial charge in [0.1, 0.15) is 17.5 Å². The summed E-state index contributed by atoms with van der Waals surface area (Å²) in [7, 11) is 3.23. The van der Waals surface area contributed by atoms with Crippen LogP contribution in [-0.2, 0) is 11.3 Å². The predicted octanol–water partition coefficient (Wildman–Crippen LogP) is 2.58. The molecule has 3 N–H and O–H groups in total. The van der Waals surface area contributed by atoms with Crippen molar-refractivity contribution in [1.82, 2.24) is 16.2 Å². The zero-order valence-corrected chi connectivity index (χ0v) is 15.5. The summed E-state index contributed by atoms with van der Waals surface area (Å²) < 4.78 is 10.7. The Bertz CT molecular complexity index is 784. The molecule has 1 aliphatic rings. The van der Waals surface area contributed by atoms with Crippen LogP contribution in [0.15, 0.2) is 42.5 Å². The van der Waals surface area contributed by atoms with E-state index in [2.05, 4.69) is 16.2 Å². The van der Waals surface area contributed by atoms with Crippen LogP contribution in [0.3, 0.4) is 0 Å². The van der Waals surface area contributed by atoms with Crippen LogP contribution < -0.4 is 25.6 Å². The second-order valence-corrected chi connectivity index (χ2v) is 6.45. The molecule has 0 aliphatic carbocycles. The van der Waals surface area contributed by atoms with Crippen molar-refractivity contribution in [1.29, 1.82) is 0 Å². The molecule has 6 nitrogen and oxygen atoms in total. The number of carbonyl (C=O) groups is 1. The van der Waals surface area contributed by atoms with Crippen LogP contribution >= 0.6 is 11.6 Å². The lowest BCUT2D eigenvalue weighted by molar-refractivity contribution is -0.123. The molecule has 26 heavy (non-hydrogen) atoms. The molecule has 7 heteroatoms. The van der Waals surface area contributed by atoms with Gasteiger partial charge < -0.3 is 14.8 Å². The quantitative estimate of drug-likeness (QED) is 0.724. The fourth-order valence-electron chi connectivity index (χ4n) is 2.99. The van der Waals surface area contributed by atoms with Crippen molar-refractivity contribution < 1.29 is 14.3 Å². The number of hydrogen-bond donors (Lipinski definition) is 3. The Morgan fingerprint density at radius 1 is 1.19 bits per heavy atom. The van der Waals surface area contributed by atoms with Gasteiger partial charge in [0.15, 0.2) is 0 Å². The van der Waals surface area contributed by atoms with Gasteiger partial charge in [-0.25, -0.2) is 10.9 Å². The van der Waals surface area contributed by atoms with E-state index in [0.717, 1.165) is 22.6 Å². The van der Waals surface area contributed by atoms with Gasteiger partial charge in [-0.05, 0) is 24.1 Å². The Labute approximate surface area is 157 Å². The molecule has 1 fully saturated rings. The number of halogens is 1. The molecule has 0 spiro atoms. The van der Waals surface area contributed by atoms with Crippen molar-refractivity contribution in [2.45, 2.75) is 25.0 Å². The fourth-order valence-corrected chi connectivity index (χ4v) is 3.19. The van der Waals surface area contributed by atoms with Gasteiger partial charge in [0.25, 0.3) is 0 Å². The summed E-state index contributed by atoms with van der Waals surface area (Å²) in [5, 5.41) is 3.57. The molecule has 0 radical (unpaired) electrons. The third-order valence-corrected chi connectivity index (χ3v) is 4.82. The van der Waals surface area contributed by atoms with E-state index in [9.17, 15) is 4.79 Å². The van der Waals surface area contributed by atoms with Crippen molar-refractivity contribution in [3.05, 3.63) is 58.6 Å². The number of rotatable bonds is 6. The van der Waals surface area contributed by atoms with Crippen LogP contribution in [0.1, 0.15) is 23.6 Å². The van der Waals surface area contributed by atoms with E-state index in [0.29, 0.717) is 18.0 Å². The molecule has 0 aromatic heterocycles. The van der Waals surface area contributed by atoms with Crippen molar-refractivity contribution in [2.24, 2.45) is 0 Å². The van der Waals surface area contributed by atoms with Crippen LogP contribution in [0, 0.1) is 0 Å². The zero-order valence-electron chi connectivity index (χ0n) is 14.7. The smallest absolute Gasteiger partial charge is 0.238 e. The maximum absolute atomic E-state index is 12.5. The summed E-state index contributed by atoms with van der Waals surface area (Å²) in [5.74, 6) is 1.37. The summed E-state index contributed by atoms with van der Waals surface area (Å²) in [6.45, 7) is 0.396. The third-order valence-electron chi connectivity index (χ3n) is 4.45. The molecule has 2 atom stereocenters. The van der Waals surface area contributed by atoms with Crippen LogP contribution in [0.4, 0.5) is 0 Å². The van der Waals surface area contributed by atoms with Crippen LogP contribution in [0.5, 0.6) is 11.5 Å². The van der Waals surface area contributed by atoms with Gasteiger partial charge in [0.2, 0.25) is 5.91 Å². The molecule has 1 saturated heterocycles. The summed E-state index contributed by atoms with van der Waals surface area (Å²) in [6, 6.07) is 12.8. The average Bonchev–Trinajstić information content (AvgIpc) is 3.16. The van der Waals surface area contributed by atoms with Gasteiger partial charge in [-0.2, -0.15) is 0 Å². The number of hydrogen-bond acceptors (Lipinski definition) is 5. The van der Waals surface area contributed by atoms with E-state index in [4.69, 9.17) is 21.1 Å². The molecule has 2 unspecified atom stereocenters. The minimum atomic E-state index is -0.339. The monoisotopic (exact) mass is 375 g/mol. The third kappa shape index (κ3) is 4.09. The standard InChI is InChI=1S/C19H22ClN3O3/c1-25-13-7-8-14(18(9-13)26-2)16-10-17(23-22-16)19(24)21-11-12-5-3-4-6-15(12)20/h3-9,16-17,22-23H,10-11H2,1-2H3,(H,21,24). The van der Waals surface area contributed by atoms with Gasteiger partial charge >= 0.3 is 0 Å². The van der Waals surface area contributed by atoms with Crippen molar-refractivity contribution in [2.75, 3.05) is 14.2 Å². The first-order chi connectivity index (χ1) is 12.6. The summed E-state index contributed by atoms with van der Waals surface area (Å²) in [5.41, 5.74) is 8.09. The molecule has 1 amide bonds. The molecular weight excluding hydrogens is 354 g/mol. The Morgan fingerprint density at radius 3 is 2.73 bits per heavy atom. The molecule has 0 bridgehead atoms. The largest absolute Gasteiger partial charge is 0.497 e. The maximum Gasteiger partial charge on any atom is 0.238 e. The summed E-state index contributed by atoms with van der Waals surface area (Å²) in [4.78, 5) is 12.5. The molecule has 3 rings (SSSR count). The van der Waals surface area contributed by atoms with E-state index < -0.39 is 0 Å². The van der Waals surface area contributed by atoms with Gasteiger partial charge in [-0.1, -0.05) is 35.9 Å². The molecule has 0 saturated carbocycles. The Morgan fingerprint density at radius 2 is 2.00 bits per heavy atom. The minimum Gasteiger partial charge on any atom is -0.497 e. The Balaban J connectivity index is 1.61. The highest BCUT2D eigenvalue weighted by molar-refractivity contribution is 6.31. The van der Waals surface area contributed by atoms with E-state index in [1.54, 1.807) is 14.2 Å². The lowest BCUT2D eigenvalue weighted by Crippen LogP contribution is -2.42. The number of methoxy groups -OCH3 is 2. The van der Waals surface area contributed by atoms with E-state index >= 15 is 0 Å². The first-order valence-corrected chi connectivity index (χ1v) is 8.74. The number of nitrogens with one attached hydrogen (secondary N) is 3. The predicted molar refractivity (Wildman–Crippen MR) is 100 cm³/mol. The van der Waals surface area contributed by atoms with Gasteiger partial charge in [-0.3, -0.25) is 4.79 Å². The molecule has 2 aromatic carbocycles. The number of amides is 1. The van der Waals surface area contributed by atoms with Crippen LogP contribution in [0.25, 0.3) is 0 Å². The van der Waals surface area contributed by atoms with Crippen molar-refractivity contribution in [3.63, 3.8) is 0 Å². The number of benzene rings is 2. The highest BCUT2D eigenvalue weighted by Gasteiger charge is 2.31. The molecule has 1 aliphatic heterocycles. The Kier molecular flexibility index (Phi) is 5.98. The normalized spacial score (nSPS) is 19.2. The SMILES string of the molecule is COc1ccc(C2CC(C(=O)NCc3ccccc3Cl)NN2)c(OC)c1. The molecule has 2 aromatic rings. The van der Waals surface area contributed by atoms with Crippen LogP contribution in [-0.4, -0.2) is 26.2 Å². The fraction of sp³-hybridized carbons (Fsp3) is 0.316. The van der Waals surface area contributed by atoms with E-state index in [-0.39, 0.29) is 18.0 Å². The highest BCUT2D eigenvalue weighted by atomic mass is 35.5. The lowest BCUT2D eigenvalue weighted by atomic mass is 10.0. The van der Waals surface area contributed by atoms with Crippen molar-refractivity contribution in [3.8, 4) is 11.5 Å². The van der Waals surface area contributed by atoms with E-state index in [1.807, 2.05) is 42.5 Å². The van der Waals surface area contributed by atoms with Crippen molar-refractivity contribution >= 4 is 17.5 Å². The van der Waals surface area contributed by atoms with E-state index in [1.165, 1.54) is 0 Å². The first-order valence-electron chi connectivity index (χ1n) is 8.36. The zero-order chi connectivity index (χ0) is 18.5. The second kappa shape index (κ2) is 8.40. The summed E-state index contributed by atoms with van der Waals surface area (Å²) >= 11 is 6.13. The number of carbonyl (C=O) groups excluding carboxylic acids is 1. The minimum absolute atomic E-state index is 0.0353. The van der Waals surface area contributed by atoms with Crippen LogP contribution in [0.2, 0.25) is 5.02 Å². The van der Waals surface area contributed by atoms with Gasteiger partial charge in [0.05, 0.1) is 20.3 Å². The molecular formula is C19H22ClN3O3. The topological polar surface area (TPSA) is 71.6 Å². The highest BCUT2D eigenvalue weighted by Crippen LogP contribution is 2.33. The second-order valence-electron chi connectivity index (χ2n) is 6.05. The average molecular weight is 376 g/mol. The number of ether oxygens (including phenoxy) is 2. The molecule has 1 heterocycles. The lowest BCUT2D eigenvalue weighted by Gasteiger charge is -2.15. The Hall–Kier alpha value is -2.28. The van der Waals surface area contributed by atoms with Gasteiger partial charge in [-0.15, -0.1) is 0 Å². The summed E-state index contributed by atoms with van der Waals surface area (Å²) in [6.07, 6.45) is 0.608. The number of hydrazine groups is 1. The molecule has 138 valence electrons. The maximum atomic E-state index is 12.5. The first kappa shape index (κ1) is 18.5. The van der Waals surface area contributed by atoms with Gasteiger partial charge in [0, 0.05) is 23.2 Å².